The first-order valence-corrected chi connectivity index (χ1v) is 6.25. The number of hydrogen-bond donors (Lipinski definition) is 0. The molecule has 2 aromatic carbocycles. The summed E-state index contributed by atoms with van der Waals surface area (Å²) in [5.74, 6) is -0.657. The van der Waals surface area contributed by atoms with Crippen LogP contribution in [-0.4, -0.2) is 5.91 Å². The summed E-state index contributed by atoms with van der Waals surface area (Å²) >= 11 is 5.89. The lowest BCUT2D eigenvalue weighted by Crippen LogP contribution is -2.23. The predicted octanol–water partition coefficient (Wildman–Crippen LogP) is 3.80. The van der Waals surface area contributed by atoms with Crippen molar-refractivity contribution in [1.29, 1.82) is 0 Å². The lowest BCUT2D eigenvalue weighted by molar-refractivity contribution is 0.0988. The van der Waals surface area contributed by atoms with Crippen molar-refractivity contribution in [3.8, 4) is 0 Å². The zero-order chi connectivity index (χ0) is 15.0. The molecule has 0 aromatic heterocycles. The van der Waals surface area contributed by atoms with E-state index < -0.39 is 5.91 Å². The molecule has 0 saturated heterocycles. The number of halogens is 1. The van der Waals surface area contributed by atoms with Gasteiger partial charge in [0.2, 0.25) is 0 Å². The van der Waals surface area contributed by atoms with Crippen LogP contribution in [0.15, 0.2) is 53.0 Å². The van der Waals surface area contributed by atoms with Crippen molar-refractivity contribution >= 4 is 34.6 Å². The van der Waals surface area contributed by atoms with Crippen LogP contribution in [0.25, 0.3) is 0 Å². The maximum Gasteiger partial charge on any atom is 0.283 e. The molecule has 7 nitrogen and oxygen atoms in total. The van der Waals surface area contributed by atoms with E-state index in [9.17, 15) is 14.6 Å². The number of benzene rings is 2. The van der Waals surface area contributed by atoms with Crippen molar-refractivity contribution < 1.29 is 4.79 Å². The van der Waals surface area contributed by atoms with Gasteiger partial charge in [0.25, 0.3) is 5.91 Å². The van der Waals surface area contributed by atoms with Crippen molar-refractivity contribution in [2.24, 2.45) is 10.6 Å². The summed E-state index contributed by atoms with van der Waals surface area (Å²) < 4.78 is 0. The molecule has 0 aliphatic carbocycles. The largest absolute Gasteiger partial charge is 0.283 e. The van der Waals surface area contributed by atoms with Crippen molar-refractivity contribution in [2.75, 3.05) is 10.0 Å². The van der Waals surface area contributed by atoms with E-state index in [4.69, 9.17) is 11.6 Å². The summed E-state index contributed by atoms with van der Waals surface area (Å²) in [5.41, 5.74) is 0.752. The van der Waals surface area contributed by atoms with Crippen LogP contribution in [0.5, 0.6) is 0 Å². The second-order valence-electron chi connectivity index (χ2n) is 4.24. The van der Waals surface area contributed by atoms with Crippen LogP contribution in [0.3, 0.4) is 0 Å². The summed E-state index contributed by atoms with van der Waals surface area (Å²) in [6, 6.07) is 10.7. The Labute approximate surface area is 123 Å². The third kappa shape index (κ3) is 1.95. The second-order valence-corrected chi connectivity index (χ2v) is 4.68. The van der Waals surface area contributed by atoms with Crippen molar-refractivity contribution in [3.05, 3.63) is 62.9 Å². The molecule has 0 bridgehead atoms. The molecule has 2 aromatic rings. The molecular formula is C13H7ClN4O3. The Bertz CT molecular complexity index is 765. The molecule has 1 amide bonds. The second kappa shape index (κ2) is 4.95. The zero-order valence-electron chi connectivity index (χ0n) is 10.4. The first-order valence-electron chi connectivity index (χ1n) is 5.87. The van der Waals surface area contributed by atoms with E-state index in [-0.39, 0.29) is 22.6 Å². The number of carbonyl (C=O) groups excluding carboxylic acids is 1. The van der Waals surface area contributed by atoms with E-state index in [1.54, 1.807) is 18.2 Å². The number of amides is 1. The van der Waals surface area contributed by atoms with Gasteiger partial charge in [-0.05, 0) is 30.3 Å². The van der Waals surface area contributed by atoms with Gasteiger partial charge in [-0.2, -0.15) is 10.0 Å². The molecule has 1 aliphatic rings. The Hall–Kier alpha value is -2.80. The Morgan fingerprint density at radius 1 is 0.857 bits per heavy atom. The number of carbonyl (C=O) groups is 1. The van der Waals surface area contributed by atoms with Gasteiger partial charge < -0.3 is 0 Å². The number of rotatable bonds is 2. The first kappa shape index (κ1) is 13.2. The topological polar surface area (TPSA) is 82.4 Å². The van der Waals surface area contributed by atoms with Gasteiger partial charge in [-0.3, -0.25) is 4.79 Å². The molecule has 3 rings (SSSR count). The zero-order valence-corrected chi connectivity index (χ0v) is 11.2. The van der Waals surface area contributed by atoms with Gasteiger partial charge in [-0.25, -0.2) is 0 Å². The van der Waals surface area contributed by atoms with Crippen LogP contribution < -0.4 is 10.0 Å². The summed E-state index contributed by atoms with van der Waals surface area (Å²) in [5, 5.41) is 7.67. The van der Waals surface area contributed by atoms with Gasteiger partial charge in [0.1, 0.15) is 0 Å². The Morgan fingerprint density at radius 3 is 2.29 bits per heavy atom. The average molecular weight is 303 g/mol. The Balaban J connectivity index is 2.37. The van der Waals surface area contributed by atoms with E-state index in [0.717, 1.165) is 5.01 Å². The highest BCUT2D eigenvalue weighted by atomic mass is 35.5. The van der Waals surface area contributed by atoms with Crippen LogP contribution in [0, 0.1) is 9.81 Å². The van der Waals surface area contributed by atoms with Gasteiger partial charge in [-0.1, -0.05) is 23.7 Å². The average Bonchev–Trinajstić information content (AvgIpc) is 2.60. The van der Waals surface area contributed by atoms with E-state index in [2.05, 4.69) is 10.6 Å². The molecule has 8 heteroatoms. The molecular weight excluding hydrogens is 296 g/mol. The van der Waals surface area contributed by atoms with Crippen molar-refractivity contribution in [2.45, 2.75) is 0 Å². The number of anilines is 3. The van der Waals surface area contributed by atoms with Crippen LogP contribution in [-0.2, 0) is 0 Å². The highest BCUT2D eigenvalue weighted by Crippen LogP contribution is 2.42. The summed E-state index contributed by atoms with van der Waals surface area (Å²) in [6.45, 7) is 0. The fourth-order valence-corrected chi connectivity index (χ4v) is 2.37. The molecule has 104 valence electrons. The van der Waals surface area contributed by atoms with Crippen molar-refractivity contribution in [1.82, 2.24) is 0 Å². The summed E-state index contributed by atoms with van der Waals surface area (Å²) in [4.78, 5) is 34.7. The molecule has 0 atom stereocenters. The summed E-state index contributed by atoms with van der Waals surface area (Å²) in [6.07, 6.45) is 0. The lowest BCUT2D eigenvalue weighted by Gasteiger charge is -2.17. The molecule has 1 heterocycles. The molecule has 0 unspecified atom stereocenters. The Kier molecular flexibility index (Phi) is 3.11. The lowest BCUT2D eigenvalue weighted by atomic mass is 10.1. The molecule has 0 saturated carbocycles. The minimum Gasteiger partial charge on any atom is -0.267 e. The van der Waals surface area contributed by atoms with E-state index in [1.165, 1.54) is 24.3 Å². The van der Waals surface area contributed by atoms with Gasteiger partial charge in [0.15, 0.2) is 0 Å². The number of para-hydroxylation sites is 1. The molecule has 21 heavy (non-hydrogen) atoms. The van der Waals surface area contributed by atoms with Gasteiger partial charge >= 0.3 is 0 Å². The molecule has 0 spiro atoms. The monoisotopic (exact) mass is 302 g/mol. The van der Waals surface area contributed by atoms with Crippen LogP contribution >= 0.6 is 11.6 Å². The maximum atomic E-state index is 12.4. The van der Waals surface area contributed by atoms with E-state index in [1.807, 2.05) is 0 Å². The smallest absolute Gasteiger partial charge is 0.267 e. The van der Waals surface area contributed by atoms with Crippen LogP contribution in [0.4, 0.5) is 17.1 Å². The molecule has 0 N–H and O–H groups in total. The maximum absolute atomic E-state index is 12.4. The number of hydrogen-bond acceptors (Lipinski definition) is 5. The highest BCUT2D eigenvalue weighted by Gasteiger charge is 2.32. The normalized spacial score (nSPS) is 13.3. The summed E-state index contributed by atoms with van der Waals surface area (Å²) in [7, 11) is 0. The number of nitroso groups, excluding NO2 is 2. The molecule has 0 fully saturated rings. The predicted molar refractivity (Wildman–Crippen MR) is 78.4 cm³/mol. The quantitative estimate of drug-likeness (QED) is 0.790. The first-order chi connectivity index (χ1) is 10.2. The SMILES string of the molecule is O=NN1C(=O)c2ccccc2N(N=O)c2ccc(Cl)cc21. The van der Waals surface area contributed by atoms with E-state index in [0.29, 0.717) is 10.0 Å². The third-order valence-corrected chi connectivity index (χ3v) is 3.35. The van der Waals surface area contributed by atoms with Crippen LogP contribution in [0.1, 0.15) is 10.4 Å². The van der Waals surface area contributed by atoms with Gasteiger partial charge in [0, 0.05) is 5.02 Å². The minimum absolute atomic E-state index is 0.0956. The van der Waals surface area contributed by atoms with E-state index >= 15 is 0 Å². The number of nitrogens with zero attached hydrogens (tertiary/aromatic N) is 4. The minimum atomic E-state index is -0.657. The van der Waals surface area contributed by atoms with Crippen LogP contribution in [0.2, 0.25) is 5.02 Å². The van der Waals surface area contributed by atoms with Gasteiger partial charge in [-0.15, -0.1) is 9.81 Å². The van der Waals surface area contributed by atoms with Crippen molar-refractivity contribution in [3.63, 3.8) is 0 Å². The highest BCUT2D eigenvalue weighted by molar-refractivity contribution is 6.31. The van der Waals surface area contributed by atoms with Gasteiger partial charge in [0.05, 0.1) is 33.2 Å². The fraction of sp³-hybridized carbons (Fsp3) is 0. The molecule has 0 radical (unpaired) electrons. The standard InChI is InChI=1S/C13H7ClN4O3/c14-8-5-6-11-12(7-8)18(16-21)13(19)9-3-1-2-4-10(9)17(11)15-20/h1-7H. The Morgan fingerprint density at radius 2 is 1.57 bits per heavy atom. The fourth-order valence-electron chi connectivity index (χ4n) is 2.21. The molecule has 1 aliphatic heterocycles. The third-order valence-electron chi connectivity index (χ3n) is 3.11. The number of fused-ring (bicyclic) bond motifs is 2.